The van der Waals surface area contributed by atoms with Crippen molar-refractivity contribution in [2.24, 2.45) is 5.92 Å². The first-order valence-corrected chi connectivity index (χ1v) is 12.1. The third kappa shape index (κ3) is 4.42. The minimum atomic E-state index is 0.0525. The van der Waals surface area contributed by atoms with Crippen LogP contribution in [0.15, 0.2) is 30.3 Å². The van der Waals surface area contributed by atoms with Crippen molar-refractivity contribution < 1.29 is 19.1 Å². The molecule has 0 spiro atoms. The summed E-state index contributed by atoms with van der Waals surface area (Å²) in [6, 6.07) is 9.79. The lowest BCUT2D eigenvalue weighted by molar-refractivity contribution is -0.133. The molecular weight excluding hydrogens is 412 g/mol. The summed E-state index contributed by atoms with van der Waals surface area (Å²) >= 11 is 1.50. The predicted molar refractivity (Wildman–Crippen MR) is 120 cm³/mol. The molecule has 0 unspecified atom stereocenters. The van der Waals surface area contributed by atoms with E-state index in [2.05, 4.69) is 0 Å². The Morgan fingerprint density at radius 2 is 1.61 bits per heavy atom. The maximum atomic E-state index is 13.0. The maximum Gasteiger partial charge on any atom is 0.264 e. The SMILES string of the molecule is O=C(CC1CCCC1)N1CCN(C(=O)c2ccc(-c3ccc4c(c3)OCCO4)s2)CC1. The molecule has 6 nitrogen and oxygen atoms in total. The standard InChI is InChI=1S/C24H28N2O4S/c27-23(15-17-3-1-2-4-17)25-9-11-26(12-10-25)24(28)22-8-7-21(31-22)18-5-6-19-20(16-18)30-14-13-29-19/h5-8,16-17H,1-4,9-15H2. The van der Waals surface area contributed by atoms with E-state index in [0.29, 0.717) is 51.7 Å². The number of ether oxygens (including phenoxy) is 2. The van der Waals surface area contributed by atoms with Crippen molar-refractivity contribution in [3.8, 4) is 21.9 Å². The molecule has 3 aliphatic rings. The number of thiophene rings is 1. The number of hydrogen-bond acceptors (Lipinski definition) is 5. The Morgan fingerprint density at radius 3 is 2.39 bits per heavy atom. The van der Waals surface area contributed by atoms with E-state index in [1.807, 2.05) is 40.1 Å². The lowest BCUT2D eigenvalue weighted by Crippen LogP contribution is -2.50. The highest BCUT2D eigenvalue weighted by atomic mass is 32.1. The van der Waals surface area contributed by atoms with Crippen LogP contribution in [0.1, 0.15) is 41.8 Å². The van der Waals surface area contributed by atoms with Crippen LogP contribution in [0.4, 0.5) is 0 Å². The minimum absolute atomic E-state index is 0.0525. The molecule has 0 atom stereocenters. The predicted octanol–water partition coefficient (Wildman–Crippen LogP) is 4.05. The van der Waals surface area contributed by atoms with Gasteiger partial charge in [-0.2, -0.15) is 0 Å². The van der Waals surface area contributed by atoms with Crippen LogP contribution in [-0.4, -0.2) is 61.0 Å². The first-order chi connectivity index (χ1) is 15.2. The number of amides is 2. The van der Waals surface area contributed by atoms with Crippen LogP contribution in [0.5, 0.6) is 11.5 Å². The second-order valence-corrected chi connectivity index (χ2v) is 9.63. The molecule has 0 N–H and O–H groups in total. The fourth-order valence-corrected chi connectivity index (χ4v) is 5.68. The van der Waals surface area contributed by atoms with Gasteiger partial charge in [0.05, 0.1) is 4.88 Å². The molecule has 1 aromatic heterocycles. The highest BCUT2D eigenvalue weighted by Gasteiger charge is 2.28. The Balaban J connectivity index is 1.19. The van der Waals surface area contributed by atoms with Gasteiger partial charge < -0.3 is 19.3 Å². The van der Waals surface area contributed by atoms with E-state index >= 15 is 0 Å². The molecule has 31 heavy (non-hydrogen) atoms. The molecule has 7 heteroatoms. The third-order valence-electron chi connectivity index (χ3n) is 6.50. The van der Waals surface area contributed by atoms with Gasteiger partial charge in [-0.25, -0.2) is 0 Å². The lowest BCUT2D eigenvalue weighted by atomic mass is 10.0. The van der Waals surface area contributed by atoms with Crippen LogP contribution in [0.25, 0.3) is 10.4 Å². The van der Waals surface area contributed by atoms with Crippen LogP contribution in [0, 0.1) is 5.92 Å². The van der Waals surface area contributed by atoms with Crippen molar-refractivity contribution in [2.45, 2.75) is 32.1 Å². The number of piperazine rings is 1. The van der Waals surface area contributed by atoms with E-state index in [4.69, 9.17) is 9.47 Å². The molecule has 2 aromatic rings. The number of hydrogen-bond donors (Lipinski definition) is 0. The van der Waals surface area contributed by atoms with Gasteiger partial charge in [-0.3, -0.25) is 9.59 Å². The van der Waals surface area contributed by atoms with Crippen molar-refractivity contribution in [1.82, 2.24) is 9.80 Å². The van der Waals surface area contributed by atoms with Gasteiger partial charge in [-0.1, -0.05) is 12.8 Å². The summed E-state index contributed by atoms with van der Waals surface area (Å²) in [7, 11) is 0. The molecular formula is C24H28N2O4S. The fraction of sp³-hybridized carbons (Fsp3) is 0.500. The Bertz CT molecular complexity index is 958. The Labute approximate surface area is 186 Å². The average Bonchev–Trinajstić information content (AvgIpc) is 3.51. The molecule has 0 bridgehead atoms. The number of fused-ring (bicyclic) bond motifs is 1. The van der Waals surface area contributed by atoms with Crippen LogP contribution < -0.4 is 9.47 Å². The zero-order valence-electron chi connectivity index (χ0n) is 17.7. The second kappa shape index (κ2) is 8.91. The van der Waals surface area contributed by atoms with Gasteiger partial charge in [0.2, 0.25) is 5.91 Å². The van der Waals surface area contributed by atoms with Crippen LogP contribution >= 0.6 is 11.3 Å². The van der Waals surface area contributed by atoms with Gasteiger partial charge >= 0.3 is 0 Å². The van der Waals surface area contributed by atoms with Gasteiger partial charge in [0.1, 0.15) is 13.2 Å². The van der Waals surface area contributed by atoms with Crippen LogP contribution in [0.2, 0.25) is 0 Å². The summed E-state index contributed by atoms with van der Waals surface area (Å²) in [4.78, 5) is 31.2. The summed E-state index contributed by atoms with van der Waals surface area (Å²) in [5.41, 5.74) is 1.02. The van der Waals surface area contributed by atoms with Crippen molar-refractivity contribution >= 4 is 23.2 Å². The molecule has 5 rings (SSSR count). The van der Waals surface area contributed by atoms with Gasteiger partial charge in [0.25, 0.3) is 5.91 Å². The third-order valence-corrected chi connectivity index (χ3v) is 7.62. The number of benzene rings is 1. The Hall–Kier alpha value is -2.54. The van der Waals surface area contributed by atoms with E-state index < -0.39 is 0 Å². The van der Waals surface area contributed by atoms with E-state index in [-0.39, 0.29) is 11.8 Å². The quantitative estimate of drug-likeness (QED) is 0.720. The average molecular weight is 441 g/mol. The molecule has 1 saturated heterocycles. The molecule has 0 radical (unpaired) electrons. The number of carbonyl (C=O) groups excluding carboxylic acids is 2. The fourth-order valence-electron chi connectivity index (χ4n) is 4.71. The maximum absolute atomic E-state index is 13.0. The van der Waals surface area contributed by atoms with Gasteiger partial charge in [0, 0.05) is 37.5 Å². The smallest absolute Gasteiger partial charge is 0.264 e. The van der Waals surface area contributed by atoms with Crippen molar-refractivity contribution in [3.63, 3.8) is 0 Å². The van der Waals surface area contributed by atoms with Crippen molar-refractivity contribution in [3.05, 3.63) is 35.2 Å². The summed E-state index contributed by atoms with van der Waals surface area (Å²) in [6.45, 7) is 3.61. The first kappa shape index (κ1) is 20.4. The van der Waals surface area contributed by atoms with E-state index in [1.165, 1.54) is 37.0 Å². The summed E-state index contributed by atoms with van der Waals surface area (Å²) in [5.74, 6) is 2.40. The van der Waals surface area contributed by atoms with Crippen LogP contribution in [0.3, 0.4) is 0 Å². The largest absolute Gasteiger partial charge is 0.486 e. The molecule has 1 aromatic carbocycles. The summed E-state index contributed by atoms with van der Waals surface area (Å²) in [5, 5.41) is 0. The summed E-state index contributed by atoms with van der Waals surface area (Å²) in [6.07, 6.45) is 5.57. The van der Waals surface area contributed by atoms with Crippen molar-refractivity contribution in [2.75, 3.05) is 39.4 Å². The molecule has 2 fully saturated rings. The first-order valence-electron chi connectivity index (χ1n) is 11.2. The molecule has 1 aliphatic carbocycles. The number of carbonyl (C=O) groups is 2. The van der Waals surface area contributed by atoms with Gasteiger partial charge in [0.15, 0.2) is 11.5 Å². The Morgan fingerprint density at radius 1 is 0.903 bits per heavy atom. The topological polar surface area (TPSA) is 59.1 Å². The van der Waals surface area contributed by atoms with Crippen LogP contribution in [-0.2, 0) is 4.79 Å². The number of nitrogens with zero attached hydrogens (tertiary/aromatic N) is 2. The van der Waals surface area contributed by atoms with Gasteiger partial charge in [-0.05, 0) is 54.7 Å². The normalized spacial score (nSPS) is 19.0. The molecule has 1 saturated carbocycles. The van der Waals surface area contributed by atoms with Crippen molar-refractivity contribution in [1.29, 1.82) is 0 Å². The minimum Gasteiger partial charge on any atom is -0.486 e. The van der Waals surface area contributed by atoms with E-state index in [0.717, 1.165) is 26.8 Å². The molecule has 2 amide bonds. The van der Waals surface area contributed by atoms with Gasteiger partial charge in [-0.15, -0.1) is 11.3 Å². The lowest BCUT2D eigenvalue weighted by Gasteiger charge is -2.35. The molecule has 2 aliphatic heterocycles. The second-order valence-electron chi connectivity index (χ2n) is 8.55. The highest BCUT2D eigenvalue weighted by Crippen LogP contribution is 2.37. The monoisotopic (exact) mass is 440 g/mol. The Kier molecular flexibility index (Phi) is 5.85. The molecule has 3 heterocycles. The highest BCUT2D eigenvalue weighted by molar-refractivity contribution is 7.17. The number of rotatable bonds is 4. The zero-order valence-corrected chi connectivity index (χ0v) is 18.5. The van der Waals surface area contributed by atoms with E-state index in [9.17, 15) is 9.59 Å². The zero-order chi connectivity index (χ0) is 21.2. The van der Waals surface area contributed by atoms with E-state index in [1.54, 1.807) is 0 Å². The summed E-state index contributed by atoms with van der Waals surface area (Å²) < 4.78 is 11.3. The molecule has 164 valence electrons.